The van der Waals surface area contributed by atoms with E-state index in [4.69, 9.17) is 4.74 Å². The van der Waals surface area contributed by atoms with Gasteiger partial charge in [-0.3, -0.25) is 0 Å². The Balaban J connectivity index is 1.94. The Hall–Kier alpha value is -0.0800. The molecule has 2 saturated carbocycles. The predicted octanol–water partition coefficient (Wildman–Crippen LogP) is 4.14. The van der Waals surface area contributed by atoms with Crippen LogP contribution in [-0.4, -0.2) is 24.8 Å². The van der Waals surface area contributed by atoms with Gasteiger partial charge in [0.2, 0.25) is 0 Å². The molecule has 2 rings (SSSR count). The van der Waals surface area contributed by atoms with Crippen LogP contribution in [0.1, 0.15) is 72.1 Å². The highest BCUT2D eigenvalue weighted by Gasteiger charge is 2.37. The van der Waals surface area contributed by atoms with Crippen LogP contribution in [0.3, 0.4) is 0 Å². The zero-order chi connectivity index (χ0) is 13.7. The van der Waals surface area contributed by atoms with Gasteiger partial charge in [0.05, 0.1) is 11.7 Å². The van der Waals surface area contributed by atoms with Gasteiger partial charge < -0.3 is 10.1 Å². The highest BCUT2D eigenvalue weighted by Crippen LogP contribution is 2.37. The third kappa shape index (κ3) is 4.46. The summed E-state index contributed by atoms with van der Waals surface area (Å²) < 4.78 is 6.70. The van der Waals surface area contributed by atoms with Crippen molar-refractivity contribution in [2.75, 3.05) is 13.1 Å². The molecule has 2 atom stereocenters. The Kier molecular flexibility index (Phi) is 5.70. The van der Waals surface area contributed by atoms with Gasteiger partial charge in [-0.1, -0.05) is 40.0 Å². The normalized spacial score (nSPS) is 35.2. The van der Waals surface area contributed by atoms with Crippen molar-refractivity contribution in [3.8, 4) is 0 Å². The largest absolute Gasteiger partial charge is 0.370 e. The van der Waals surface area contributed by atoms with Gasteiger partial charge in [0.1, 0.15) is 0 Å². The fraction of sp³-hybridized carbons (Fsp3) is 1.00. The van der Waals surface area contributed by atoms with E-state index in [2.05, 4.69) is 26.1 Å². The number of nitrogens with one attached hydrogen (secondary N) is 1. The lowest BCUT2D eigenvalue weighted by Crippen LogP contribution is -2.48. The van der Waals surface area contributed by atoms with Gasteiger partial charge >= 0.3 is 0 Å². The Morgan fingerprint density at radius 2 is 1.63 bits per heavy atom. The van der Waals surface area contributed by atoms with Crippen LogP contribution in [-0.2, 0) is 4.74 Å². The van der Waals surface area contributed by atoms with Gasteiger partial charge in [-0.25, -0.2) is 0 Å². The fourth-order valence-electron chi connectivity index (χ4n) is 4.21. The molecule has 0 amide bonds. The molecule has 0 bridgehead atoms. The first-order valence-electron chi connectivity index (χ1n) is 8.52. The van der Waals surface area contributed by atoms with Gasteiger partial charge in [-0.15, -0.1) is 0 Å². The summed E-state index contributed by atoms with van der Waals surface area (Å²) in [6.45, 7) is 9.10. The standard InChI is InChI=1S/C17H33NO/c1-4-18-13-17(8-6-5-7-9-17)19-16-11-14(2)10-15(3)12-16/h14-16,18H,4-13H2,1-3H3. The molecule has 1 N–H and O–H groups in total. The molecule has 2 aliphatic rings. The molecule has 2 nitrogen and oxygen atoms in total. The lowest BCUT2D eigenvalue weighted by Gasteiger charge is -2.43. The second-order valence-corrected chi connectivity index (χ2v) is 7.18. The molecule has 0 heterocycles. The third-order valence-electron chi connectivity index (χ3n) is 5.01. The minimum Gasteiger partial charge on any atom is -0.370 e. The average molecular weight is 267 g/mol. The van der Waals surface area contributed by atoms with Gasteiger partial charge in [-0.05, 0) is 50.5 Å². The first-order chi connectivity index (χ1) is 9.13. The Bertz CT molecular complexity index is 250. The van der Waals surface area contributed by atoms with Crippen molar-refractivity contribution in [3.63, 3.8) is 0 Å². The minimum absolute atomic E-state index is 0.149. The molecule has 2 unspecified atom stereocenters. The summed E-state index contributed by atoms with van der Waals surface area (Å²) in [5.41, 5.74) is 0.149. The average Bonchev–Trinajstić information content (AvgIpc) is 2.36. The van der Waals surface area contributed by atoms with E-state index in [1.54, 1.807) is 0 Å². The minimum atomic E-state index is 0.149. The molecule has 0 aliphatic heterocycles. The predicted molar refractivity (Wildman–Crippen MR) is 81.4 cm³/mol. The first-order valence-corrected chi connectivity index (χ1v) is 8.52. The SMILES string of the molecule is CCNCC1(OC2CC(C)CC(C)C2)CCCCC1. The Morgan fingerprint density at radius 3 is 2.21 bits per heavy atom. The molecule has 2 heteroatoms. The molecule has 112 valence electrons. The van der Waals surface area contributed by atoms with Crippen molar-refractivity contribution < 1.29 is 4.74 Å². The number of hydrogen-bond donors (Lipinski definition) is 1. The summed E-state index contributed by atoms with van der Waals surface area (Å²) >= 11 is 0. The topological polar surface area (TPSA) is 21.3 Å². The van der Waals surface area contributed by atoms with Crippen molar-refractivity contribution in [2.45, 2.75) is 83.8 Å². The van der Waals surface area contributed by atoms with E-state index in [0.29, 0.717) is 6.10 Å². The zero-order valence-corrected chi connectivity index (χ0v) is 13.2. The third-order valence-corrected chi connectivity index (χ3v) is 5.01. The van der Waals surface area contributed by atoms with Crippen LogP contribution in [0.2, 0.25) is 0 Å². The lowest BCUT2D eigenvalue weighted by atomic mass is 9.80. The summed E-state index contributed by atoms with van der Waals surface area (Å²) in [5, 5.41) is 3.55. The van der Waals surface area contributed by atoms with Crippen LogP contribution < -0.4 is 5.32 Å². The van der Waals surface area contributed by atoms with E-state index in [9.17, 15) is 0 Å². The smallest absolute Gasteiger partial charge is 0.0810 e. The van der Waals surface area contributed by atoms with Crippen molar-refractivity contribution in [3.05, 3.63) is 0 Å². The quantitative estimate of drug-likeness (QED) is 0.808. The molecule has 2 fully saturated rings. The van der Waals surface area contributed by atoms with Crippen LogP contribution in [0, 0.1) is 11.8 Å². The van der Waals surface area contributed by atoms with Gasteiger partial charge in [0.25, 0.3) is 0 Å². The molecule has 0 aromatic rings. The maximum Gasteiger partial charge on any atom is 0.0810 e. The number of likely N-dealkylation sites (N-methyl/N-ethyl adjacent to an activating group) is 1. The molecular formula is C17H33NO. The van der Waals surface area contributed by atoms with Crippen LogP contribution >= 0.6 is 0 Å². The van der Waals surface area contributed by atoms with Crippen molar-refractivity contribution >= 4 is 0 Å². The van der Waals surface area contributed by atoms with Crippen LogP contribution in [0.15, 0.2) is 0 Å². The molecule has 0 radical (unpaired) electrons. The summed E-state index contributed by atoms with van der Waals surface area (Å²) in [5.74, 6) is 1.68. The van der Waals surface area contributed by atoms with E-state index in [-0.39, 0.29) is 5.60 Å². The van der Waals surface area contributed by atoms with E-state index in [1.165, 1.54) is 51.4 Å². The Labute approximate surface area is 119 Å². The summed E-state index contributed by atoms with van der Waals surface area (Å²) in [4.78, 5) is 0. The van der Waals surface area contributed by atoms with E-state index in [1.807, 2.05) is 0 Å². The fourth-order valence-corrected chi connectivity index (χ4v) is 4.21. The monoisotopic (exact) mass is 267 g/mol. The summed E-state index contributed by atoms with van der Waals surface area (Å²) in [7, 11) is 0. The number of hydrogen-bond acceptors (Lipinski definition) is 2. The summed E-state index contributed by atoms with van der Waals surface area (Å²) in [6.07, 6.45) is 11.1. The van der Waals surface area contributed by atoms with Crippen molar-refractivity contribution in [2.24, 2.45) is 11.8 Å². The summed E-state index contributed by atoms with van der Waals surface area (Å²) in [6, 6.07) is 0. The van der Waals surface area contributed by atoms with E-state index >= 15 is 0 Å². The van der Waals surface area contributed by atoms with E-state index < -0.39 is 0 Å². The van der Waals surface area contributed by atoms with E-state index in [0.717, 1.165) is 24.9 Å². The zero-order valence-electron chi connectivity index (χ0n) is 13.2. The number of ether oxygens (including phenoxy) is 1. The molecular weight excluding hydrogens is 234 g/mol. The molecule has 19 heavy (non-hydrogen) atoms. The maximum atomic E-state index is 6.70. The molecule has 0 aromatic carbocycles. The molecule has 2 aliphatic carbocycles. The second-order valence-electron chi connectivity index (χ2n) is 7.18. The van der Waals surface area contributed by atoms with Crippen LogP contribution in [0.25, 0.3) is 0 Å². The second kappa shape index (κ2) is 7.08. The lowest BCUT2D eigenvalue weighted by molar-refractivity contribution is -0.131. The van der Waals surface area contributed by atoms with Crippen molar-refractivity contribution in [1.82, 2.24) is 5.32 Å². The highest BCUT2D eigenvalue weighted by molar-refractivity contribution is 4.89. The van der Waals surface area contributed by atoms with Gasteiger partial charge in [-0.2, -0.15) is 0 Å². The Morgan fingerprint density at radius 1 is 1.00 bits per heavy atom. The van der Waals surface area contributed by atoms with Crippen molar-refractivity contribution in [1.29, 1.82) is 0 Å². The molecule has 0 spiro atoms. The number of rotatable bonds is 5. The van der Waals surface area contributed by atoms with Gasteiger partial charge in [0.15, 0.2) is 0 Å². The molecule has 0 saturated heterocycles. The highest BCUT2D eigenvalue weighted by atomic mass is 16.5. The van der Waals surface area contributed by atoms with Crippen LogP contribution in [0.5, 0.6) is 0 Å². The van der Waals surface area contributed by atoms with Crippen LogP contribution in [0.4, 0.5) is 0 Å². The van der Waals surface area contributed by atoms with Gasteiger partial charge in [0, 0.05) is 6.54 Å². The maximum absolute atomic E-state index is 6.70. The molecule has 0 aromatic heterocycles. The first kappa shape index (κ1) is 15.3.